The summed E-state index contributed by atoms with van der Waals surface area (Å²) in [6.07, 6.45) is 20.0. The topological polar surface area (TPSA) is 90.9 Å². The van der Waals surface area contributed by atoms with Crippen molar-refractivity contribution in [3.8, 4) is 0 Å². The van der Waals surface area contributed by atoms with Crippen LogP contribution in [0.3, 0.4) is 0 Å². The van der Waals surface area contributed by atoms with E-state index in [2.05, 4.69) is 34.4 Å². The van der Waals surface area contributed by atoms with Crippen LogP contribution in [0.4, 0.5) is 0 Å². The fourth-order valence-electron chi connectivity index (χ4n) is 4.77. The molecule has 0 saturated heterocycles. The summed E-state index contributed by atoms with van der Waals surface area (Å²) < 4.78 is 2.41. The Labute approximate surface area is 190 Å². The first-order valence-corrected chi connectivity index (χ1v) is 12.8. The van der Waals surface area contributed by atoms with Crippen LogP contribution in [-0.2, 0) is 0 Å². The fraction of sp³-hybridized carbons (Fsp3) is 0.840. The Morgan fingerprint density at radius 3 is 2.42 bits per heavy atom. The first-order valence-electron chi connectivity index (χ1n) is 12.8. The minimum absolute atomic E-state index is 0.170. The van der Waals surface area contributed by atoms with Gasteiger partial charge in [-0.25, -0.2) is 4.90 Å². The highest BCUT2D eigenvalue weighted by molar-refractivity contribution is 5.92. The van der Waals surface area contributed by atoms with Gasteiger partial charge in [0.15, 0.2) is 5.96 Å². The Morgan fingerprint density at radius 2 is 1.74 bits per heavy atom. The van der Waals surface area contributed by atoms with Crippen molar-refractivity contribution in [1.82, 2.24) is 4.90 Å². The quantitative estimate of drug-likeness (QED) is 0.148. The van der Waals surface area contributed by atoms with Crippen LogP contribution >= 0.6 is 0 Å². The maximum Gasteiger partial charge on any atom is 0.274 e. The van der Waals surface area contributed by atoms with E-state index in [0.29, 0.717) is 6.54 Å². The van der Waals surface area contributed by atoms with Crippen LogP contribution in [0.2, 0.25) is 0 Å². The minimum Gasteiger partial charge on any atom is -0.370 e. The van der Waals surface area contributed by atoms with Crippen LogP contribution in [-0.4, -0.2) is 58.3 Å². The Morgan fingerprint density at radius 1 is 1.06 bits per heavy atom. The number of nitrogens with two attached hydrogens (primary N) is 2. The molecule has 0 aromatic heterocycles. The minimum atomic E-state index is -0.789. The third-order valence-corrected chi connectivity index (χ3v) is 6.58. The first-order chi connectivity index (χ1) is 14.9. The molecule has 2 heterocycles. The van der Waals surface area contributed by atoms with Gasteiger partial charge in [-0.15, -0.1) is 0 Å². The molecule has 0 spiro atoms. The molecule has 2 rings (SSSR count). The molecule has 31 heavy (non-hydrogen) atoms. The average Bonchev–Trinajstić information content (AvgIpc) is 3.06. The van der Waals surface area contributed by atoms with Crippen molar-refractivity contribution in [2.45, 2.75) is 103 Å². The molecule has 6 heteroatoms. The summed E-state index contributed by atoms with van der Waals surface area (Å²) in [5.74, 6) is 2.21. The van der Waals surface area contributed by atoms with E-state index in [1.165, 1.54) is 57.2 Å². The Kier molecular flexibility index (Phi) is 11.4. The molecule has 0 amide bonds. The van der Waals surface area contributed by atoms with Crippen LogP contribution in [0, 0.1) is 5.92 Å². The third-order valence-electron chi connectivity index (χ3n) is 6.58. The molecule has 0 radical (unpaired) electrons. The highest BCUT2D eigenvalue weighted by Crippen LogP contribution is 2.30. The molecule has 0 fully saturated rings. The Hall–Kier alpha value is -1.56. The van der Waals surface area contributed by atoms with Gasteiger partial charge in [-0.3, -0.25) is 9.57 Å². The highest BCUT2D eigenvalue weighted by atomic mass is 16.3. The predicted molar refractivity (Wildman–Crippen MR) is 131 cm³/mol. The lowest BCUT2D eigenvalue weighted by atomic mass is 10.0. The van der Waals surface area contributed by atoms with E-state index in [4.69, 9.17) is 11.5 Å². The molecule has 2 aliphatic rings. The fourth-order valence-corrected chi connectivity index (χ4v) is 4.77. The smallest absolute Gasteiger partial charge is 0.274 e. The monoisotopic (exact) mass is 434 g/mol. The number of hydrogen-bond acceptors (Lipinski definition) is 3. The number of rotatable bonds is 16. The van der Waals surface area contributed by atoms with E-state index in [0.717, 1.165) is 57.7 Å². The molecule has 1 atom stereocenters. The van der Waals surface area contributed by atoms with Crippen LogP contribution < -0.4 is 11.5 Å². The molecular weight excluding hydrogens is 386 g/mol. The van der Waals surface area contributed by atoms with Gasteiger partial charge in [0.2, 0.25) is 5.72 Å². The van der Waals surface area contributed by atoms with Gasteiger partial charge < -0.3 is 16.6 Å². The molecule has 178 valence electrons. The summed E-state index contributed by atoms with van der Waals surface area (Å²) in [5.41, 5.74) is 9.99. The summed E-state index contributed by atoms with van der Waals surface area (Å²) in [4.78, 5) is 6.28. The molecule has 0 aliphatic carbocycles. The zero-order valence-electron chi connectivity index (χ0n) is 20.2. The summed E-state index contributed by atoms with van der Waals surface area (Å²) in [5, 5.41) is 11.3. The number of hydrogen-bond donors (Lipinski definition) is 3. The average molecular weight is 435 g/mol. The van der Waals surface area contributed by atoms with Crippen molar-refractivity contribution in [1.29, 1.82) is 0 Å². The van der Waals surface area contributed by atoms with Gasteiger partial charge in [0, 0.05) is 25.5 Å². The molecule has 0 bridgehead atoms. The van der Waals surface area contributed by atoms with Gasteiger partial charge in [-0.2, -0.15) is 0 Å². The van der Waals surface area contributed by atoms with Gasteiger partial charge in [0.1, 0.15) is 0 Å². The van der Waals surface area contributed by atoms with E-state index in [1.807, 2.05) is 6.08 Å². The van der Waals surface area contributed by atoms with Gasteiger partial charge >= 0.3 is 0 Å². The number of unbranched alkanes of at least 4 members (excludes halogenated alkanes) is 8. The summed E-state index contributed by atoms with van der Waals surface area (Å²) in [6.45, 7) is 8.31. The van der Waals surface area contributed by atoms with E-state index in [-0.39, 0.29) is 5.96 Å². The lowest BCUT2D eigenvalue weighted by Crippen LogP contribution is -2.52. The standard InChI is InChI=1S/C25H48N5O/c1-22(2)14-9-7-5-3-4-6-8-10-16-25(31)17-15-23-29(20-13-21-30(23)25)19-12-11-18-28-24(26)27/h15,17,22,31H,3-14,16,18-21H2,1-2H3,(H4,26,27,28)/q+1. The maximum atomic E-state index is 11.3. The third kappa shape index (κ3) is 9.22. The first kappa shape index (κ1) is 25.7. The second-order valence-corrected chi connectivity index (χ2v) is 9.84. The lowest BCUT2D eigenvalue weighted by Gasteiger charge is -2.32. The van der Waals surface area contributed by atoms with E-state index in [1.54, 1.807) is 0 Å². The molecular formula is C25H48N5O+. The van der Waals surface area contributed by atoms with E-state index >= 15 is 0 Å². The number of aliphatic imine (C=N–C) groups is 1. The van der Waals surface area contributed by atoms with Gasteiger partial charge in [0.05, 0.1) is 19.6 Å². The van der Waals surface area contributed by atoms with Gasteiger partial charge in [0.25, 0.3) is 5.84 Å². The lowest BCUT2D eigenvalue weighted by molar-refractivity contribution is -0.539. The van der Waals surface area contributed by atoms with Gasteiger partial charge in [-0.1, -0.05) is 65.2 Å². The molecule has 0 saturated carbocycles. The van der Waals surface area contributed by atoms with Crippen molar-refractivity contribution < 1.29 is 9.68 Å². The predicted octanol–water partition coefficient (Wildman–Crippen LogP) is 3.97. The maximum absolute atomic E-state index is 11.3. The molecule has 0 aromatic rings. The van der Waals surface area contributed by atoms with Crippen LogP contribution in [0.15, 0.2) is 17.1 Å². The van der Waals surface area contributed by atoms with Crippen LogP contribution in [0.25, 0.3) is 0 Å². The van der Waals surface area contributed by atoms with Crippen molar-refractivity contribution in [2.75, 3.05) is 26.2 Å². The normalized spacial score (nSPS) is 20.6. The zero-order valence-corrected chi connectivity index (χ0v) is 20.2. The van der Waals surface area contributed by atoms with E-state index in [9.17, 15) is 5.11 Å². The Balaban J connectivity index is 1.64. The number of fused-ring (bicyclic) bond motifs is 1. The molecule has 0 aromatic carbocycles. The number of guanidine groups is 1. The van der Waals surface area contributed by atoms with Gasteiger partial charge in [-0.05, 0) is 31.3 Å². The summed E-state index contributed by atoms with van der Waals surface area (Å²) >= 11 is 0. The van der Waals surface area contributed by atoms with Crippen molar-refractivity contribution >= 4 is 11.8 Å². The summed E-state index contributed by atoms with van der Waals surface area (Å²) in [7, 11) is 0. The second-order valence-electron chi connectivity index (χ2n) is 9.84. The van der Waals surface area contributed by atoms with E-state index < -0.39 is 5.72 Å². The second kappa shape index (κ2) is 13.8. The number of aliphatic hydroxyl groups is 1. The molecule has 2 aliphatic heterocycles. The zero-order chi connectivity index (χ0) is 22.5. The SMILES string of the molecule is CC(C)CCCCCCCCCCC1(O)C=CC2=[N+](CCCCN=C(N)N)CCCN21. The van der Waals surface area contributed by atoms with Crippen molar-refractivity contribution in [3.63, 3.8) is 0 Å². The van der Waals surface area contributed by atoms with Crippen molar-refractivity contribution in [2.24, 2.45) is 22.4 Å². The number of nitrogens with zero attached hydrogens (tertiary/aromatic N) is 3. The highest BCUT2D eigenvalue weighted by Gasteiger charge is 2.46. The molecule has 6 nitrogen and oxygen atoms in total. The molecule has 1 unspecified atom stereocenters. The van der Waals surface area contributed by atoms with Crippen molar-refractivity contribution in [3.05, 3.63) is 12.2 Å². The largest absolute Gasteiger partial charge is 0.370 e. The Bertz CT molecular complexity index is 609. The molecule has 5 N–H and O–H groups in total. The summed E-state index contributed by atoms with van der Waals surface area (Å²) in [6, 6.07) is 0. The van der Waals surface area contributed by atoms with Crippen LogP contribution in [0.5, 0.6) is 0 Å². The van der Waals surface area contributed by atoms with Crippen LogP contribution in [0.1, 0.15) is 97.3 Å². The number of amidine groups is 1.